The molecule has 28 heavy (non-hydrogen) atoms. The molecule has 0 aliphatic heterocycles. The summed E-state index contributed by atoms with van der Waals surface area (Å²) in [7, 11) is 3.50. The largest absolute Gasteiger partial charge is 0.405 e. The van der Waals surface area contributed by atoms with E-state index in [1.807, 2.05) is 40.5 Å². The van der Waals surface area contributed by atoms with Gasteiger partial charge in [0.2, 0.25) is 5.91 Å². The van der Waals surface area contributed by atoms with Crippen molar-refractivity contribution >= 4 is 17.5 Å². The Bertz CT molecular complexity index is 793. The zero-order chi connectivity index (χ0) is 20.7. The highest BCUT2D eigenvalue weighted by molar-refractivity contribution is 5.94. The van der Waals surface area contributed by atoms with Gasteiger partial charge in [-0.3, -0.25) is 14.5 Å². The van der Waals surface area contributed by atoms with Gasteiger partial charge in [0.25, 0.3) is 5.91 Å². The number of likely N-dealkylation sites (N-methyl/N-ethyl adjacent to an activating group) is 2. The summed E-state index contributed by atoms with van der Waals surface area (Å²) in [6, 6.07) is 15.5. The number of benzene rings is 2. The van der Waals surface area contributed by atoms with Crippen molar-refractivity contribution in [2.45, 2.75) is 12.7 Å². The Hall–Kier alpha value is -2.87. The zero-order valence-corrected chi connectivity index (χ0v) is 15.7. The van der Waals surface area contributed by atoms with Crippen LogP contribution in [0.15, 0.2) is 54.6 Å². The van der Waals surface area contributed by atoms with E-state index in [0.29, 0.717) is 6.54 Å². The number of hydrogen-bond acceptors (Lipinski definition) is 3. The lowest BCUT2D eigenvalue weighted by molar-refractivity contribution is -0.123. The Morgan fingerprint density at radius 2 is 1.57 bits per heavy atom. The normalized spacial score (nSPS) is 11.4. The highest BCUT2D eigenvalue weighted by atomic mass is 19.4. The molecule has 0 atom stereocenters. The summed E-state index contributed by atoms with van der Waals surface area (Å²) in [6.45, 7) is -0.717. The van der Waals surface area contributed by atoms with Gasteiger partial charge in [-0.25, -0.2) is 0 Å². The lowest BCUT2D eigenvalue weighted by atomic mass is 10.1. The van der Waals surface area contributed by atoms with Crippen LogP contribution in [0.2, 0.25) is 0 Å². The smallest absolute Gasteiger partial charge is 0.343 e. The molecule has 2 rings (SSSR count). The van der Waals surface area contributed by atoms with Gasteiger partial charge >= 0.3 is 6.18 Å². The third kappa shape index (κ3) is 6.70. The van der Waals surface area contributed by atoms with Gasteiger partial charge in [-0.05, 0) is 36.9 Å². The third-order valence-electron chi connectivity index (χ3n) is 4.04. The summed E-state index contributed by atoms with van der Waals surface area (Å²) in [6.07, 6.45) is -4.45. The first kappa shape index (κ1) is 21.4. The molecule has 5 nitrogen and oxygen atoms in total. The second kappa shape index (κ2) is 9.36. The first-order valence-electron chi connectivity index (χ1n) is 8.60. The van der Waals surface area contributed by atoms with E-state index in [9.17, 15) is 22.8 Å². The molecule has 0 radical (unpaired) electrons. The fraction of sp³-hybridized carbons (Fsp3) is 0.300. The topological polar surface area (TPSA) is 52.7 Å². The number of hydrogen-bond donors (Lipinski definition) is 1. The monoisotopic (exact) mass is 393 g/mol. The Morgan fingerprint density at radius 3 is 2.14 bits per heavy atom. The van der Waals surface area contributed by atoms with Gasteiger partial charge in [-0.15, -0.1) is 0 Å². The van der Waals surface area contributed by atoms with Crippen LogP contribution in [-0.2, 0) is 11.3 Å². The zero-order valence-electron chi connectivity index (χ0n) is 15.7. The molecule has 0 aromatic heterocycles. The van der Waals surface area contributed by atoms with E-state index >= 15 is 0 Å². The van der Waals surface area contributed by atoms with Crippen molar-refractivity contribution in [3.63, 3.8) is 0 Å². The quantitative estimate of drug-likeness (QED) is 0.787. The summed E-state index contributed by atoms with van der Waals surface area (Å²) >= 11 is 0. The molecule has 8 heteroatoms. The molecule has 0 unspecified atom stereocenters. The van der Waals surface area contributed by atoms with Crippen LogP contribution in [0.25, 0.3) is 0 Å². The van der Waals surface area contributed by atoms with Crippen LogP contribution in [0, 0.1) is 0 Å². The van der Waals surface area contributed by atoms with E-state index in [-0.39, 0.29) is 18.0 Å². The molecule has 150 valence electrons. The second-order valence-corrected chi connectivity index (χ2v) is 6.46. The van der Waals surface area contributed by atoms with E-state index in [0.717, 1.165) is 11.3 Å². The summed E-state index contributed by atoms with van der Waals surface area (Å²) in [5, 5.41) is 1.83. The van der Waals surface area contributed by atoms with Crippen LogP contribution < -0.4 is 10.2 Å². The van der Waals surface area contributed by atoms with Gasteiger partial charge in [-0.1, -0.05) is 30.3 Å². The van der Waals surface area contributed by atoms with E-state index < -0.39 is 18.6 Å². The molecule has 2 aromatic rings. The average Bonchev–Trinajstić information content (AvgIpc) is 2.66. The Balaban J connectivity index is 1.87. The van der Waals surface area contributed by atoms with Crippen molar-refractivity contribution < 1.29 is 22.8 Å². The summed E-state index contributed by atoms with van der Waals surface area (Å²) in [5.41, 5.74) is 1.79. The van der Waals surface area contributed by atoms with Gasteiger partial charge in [0.05, 0.1) is 6.54 Å². The minimum atomic E-state index is -4.45. The average molecular weight is 393 g/mol. The van der Waals surface area contributed by atoms with Gasteiger partial charge in [0.1, 0.15) is 6.54 Å². The molecular weight excluding hydrogens is 371 g/mol. The van der Waals surface area contributed by atoms with E-state index in [2.05, 4.69) is 0 Å². The minimum Gasteiger partial charge on any atom is -0.343 e. The molecule has 0 aliphatic carbocycles. The van der Waals surface area contributed by atoms with E-state index in [1.54, 1.807) is 31.1 Å². The predicted octanol–water partition coefficient (Wildman–Crippen LogP) is 3.07. The Morgan fingerprint density at radius 1 is 0.964 bits per heavy atom. The molecule has 2 amide bonds. The molecule has 0 spiro atoms. The van der Waals surface area contributed by atoms with Crippen molar-refractivity contribution in [1.82, 2.24) is 10.2 Å². The number of rotatable bonds is 7. The van der Waals surface area contributed by atoms with Crippen molar-refractivity contribution in [2.75, 3.05) is 32.1 Å². The molecule has 2 aromatic carbocycles. The number of amides is 2. The summed E-state index contributed by atoms with van der Waals surface area (Å²) in [5.74, 6) is -0.853. The summed E-state index contributed by atoms with van der Waals surface area (Å²) < 4.78 is 36.5. The molecule has 0 bridgehead atoms. The minimum absolute atomic E-state index is 0.0724. The molecule has 0 fully saturated rings. The molecule has 0 saturated heterocycles. The number of nitrogens with one attached hydrogen (secondary N) is 1. The first-order chi connectivity index (χ1) is 13.2. The van der Waals surface area contributed by atoms with Crippen LogP contribution in [0.5, 0.6) is 0 Å². The third-order valence-corrected chi connectivity index (χ3v) is 4.04. The van der Waals surface area contributed by atoms with Gasteiger partial charge < -0.3 is 10.2 Å². The highest BCUT2D eigenvalue weighted by Gasteiger charge is 2.27. The Kier molecular flexibility index (Phi) is 7.17. The predicted molar refractivity (Wildman–Crippen MR) is 101 cm³/mol. The number of carbonyl (C=O) groups excluding carboxylic acids is 2. The maximum atomic E-state index is 12.4. The van der Waals surface area contributed by atoms with Crippen molar-refractivity contribution in [3.05, 3.63) is 65.7 Å². The number of anilines is 1. The number of nitrogens with zero attached hydrogens (tertiary/aromatic N) is 2. The SMILES string of the molecule is CN(CC(=O)N(C)c1ccccc1)Cc1ccc(C(=O)NCC(F)(F)F)cc1. The first-order valence-corrected chi connectivity index (χ1v) is 8.60. The van der Waals surface area contributed by atoms with Crippen LogP contribution in [-0.4, -0.2) is 50.1 Å². The molecule has 0 saturated carbocycles. The standard InChI is InChI=1S/C20H22F3N3O2/c1-25(13-18(27)26(2)17-6-4-3-5-7-17)12-15-8-10-16(11-9-15)19(28)24-14-20(21,22)23/h3-11H,12-14H2,1-2H3,(H,24,28). The fourth-order valence-electron chi connectivity index (χ4n) is 2.54. The molecule has 0 aliphatic rings. The number of halogens is 3. The molecule has 0 heterocycles. The van der Waals surface area contributed by atoms with E-state index in [4.69, 9.17) is 0 Å². The van der Waals surface area contributed by atoms with Crippen molar-refractivity contribution in [2.24, 2.45) is 0 Å². The van der Waals surface area contributed by atoms with E-state index in [1.165, 1.54) is 12.1 Å². The molecule has 1 N–H and O–H groups in total. The summed E-state index contributed by atoms with van der Waals surface area (Å²) in [4.78, 5) is 27.5. The van der Waals surface area contributed by atoms with Crippen LogP contribution >= 0.6 is 0 Å². The van der Waals surface area contributed by atoms with Gasteiger partial charge in [0, 0.05) is 24.8 Å². The van der Waals surface area contributed by atoms with Crippen molar-refractivity contribution in [3.8, 4) is 0 Å². The van der Waals surface area contributed by atoms with Crippen molar-refractivity contribution in [1.29, 1.82) is 0 Å². The second-order valence-electron chi connectivity index (χ2n) is 6.46. The van der Waals surface area contributed by atoms with Crippen LogP contribution in [0.4, 0.5) is 18.9 Å². The fourth-order valence-corrected chi connectivity index (χ4v) is 2.54. The Labute approximate surface area is 161 Å². The molecular formula is C20H22F3N3O2. The van der Waals surface area contributed by atoms with Gasteiger partial charge in [0.15, 0.2) is 0 Å². The highest BCUT2D eigenvalue weighted by Crippen LogP contribution is 2.14. The maximum absolute atomic E-state index is 12.4. The van der Waals surface area contributed by atoms with Crippen LogP contribution in [0.1, 0.15) is 15.9 Å². The number of alkyl halides is 3. The van der Waals surface area contributed by atoms with Gasteiger partial charge in [-0.2, -0.15) is 13.2 Å². The maximum Gasteiger partial charge on any atom is 0.405 e. The van der Waals surface area contributed by atoms with Crippen LogP contribution in [0.3, 0.4) is 0 Å². The lowest BCUT2D eigenvalue weighted by Crippen LogP contribution is -2.36. The lowest BCUT2D eigenvalue weighted by Gasteiger charge is -2.22. The number of carbonyl (C=O) groups is 2. The number of para-hydroxylation sites is 1.